The van der Waals surface area contributed by atoms with Crippen LogP contribution in [0.15, 0.2) is 97.1 Å². The molecule has 0 saturated carbocycles. The van der Waals surface area contributed by atoms with Crippen LogP contribution >= 0.6 is 0 Å². The summed E-state index contributed by atoms with van der Waals surface area (Å²) in [6.07, 6.45) is 2.11. The van der Waals surface area contributed by atoms with Gasteiger partial charge in [0.15, 0.2) is 0 Å². The minimum Gasteiger partial charge on any atom is -0.396 e. The molecule has 0 heterocycles. The van der Waals surface area contributed by atoms with Crippen LogP contribution < -0.4 is 0 Å². The Morgan fingerprint density at radius 1 is 0.424 bits per heavy atom. The maximum atomic E-state index is 10.4. The second-order valence-electron chi connectivity index (χ2n) is 9.47. The lowest BCUT2D eigenvalue weighted by Gasteiger charge is -2.42. The molecule has 2 aliphatic carbocycles. The summed E-state index contributed by atoms with van der Waals surface area (Å²) < 4.78 is 0. The number of aliphatic hydroxyl groups excluding tert-OH is 2. The summed E-state index contributed by atoms with van der Waals surface area (Å²) in [6, 6.07) is 34.7. The van der Waals surface area contributed by atoms with Crippen molar-refractivity contribution < 1.29 is 10.2 Å². The Labute approximate surface area is 195 Å². The van der Waals surface area contributed by atoms with Crippen molar-refractivity contribution in [3.05, 3.63) is 119 Å². The number of fused-ring (bicyclic) bond motifs is 6. The van der Waals surface area contributed by atoms with Crippen LogP contribution in [0.2, 0.25) is 0 Å². The van der Waals surface area contributed by atoms with Gasteiger partial charge in [0.2, 0.25) is 0 Å². The first-order valence-electron chi connectivity index (χ1n) is 11.9. The summed E-state index contributed by atoms with van der Waals surface area (Å²) in [5.74, 6) is 0. The summed E-state index contributed by atoms with van der Waals surface area (Å²) in [5, 5.41) is 20.7. The third-order valence-electron chi connectivity index (χ3n) is 8.03. The molecule has 0 unspecified atom stereocenters. The van der Waals surface area contributed by atoms with Crippen LogP contribution in [0.5, 0.6) is 0 Å². The highest BCUT2D eigenvalue weighted by Gasteiger charge is 2.52. The molecule has 0 radical (unpaired) electrons. The Hall–Kier alpha value is -3.20. The molecule has 0 aromatic heterocycles. The van der Waals surface area contributed by atoms with Crippen molar-refractivity contribution in [1.82, 2.24) is 0 Å². The van der Waals surface area contributed by atoms with Crippen molar-refractivity contribution in [2.75, 3.05) is 13.2 Å². The minimum absolute atomic E-state index is 0.112. The van der Waals surface area contributed by atoms with Gasteiger partial charge in [0.1, 0.15) is 0 Å². The lowest BCUT2D eigenvalue weighted by atomic mass is 9.60. The third kappa shape index (κ3) is 2.75. The van der Waals surface area contributed by atoms with Gasteiger partial charge in [0, 0.05) is 24.0 Å². The predicted octanol–water partition coefficient (Wildman–Crippen LogP) is 6.07. The molecular weight excluding hydrogens is 404 g/mol. The van der Waals surface area contributed by atoms with E-state index in [2.05, 4.69) is 97.1 Å². The highest BCUT2D eigenvalue weighted by Crippen LogP contribution is 2.61. The van der Waals surface area contributed by atoms with E-state index in [1.165, 1.54) is 44.5 Å². The molecule has 33 heavy (non-hydrogen) atoms. The molecule has 4 aromatic rings. The van der Waals surface area contributed by atoms with Gasteiger partial charge >= 0.3 is 0 Å². The van der Waals surface area contributed by atoms with E-state index in [-0.39, 0.29) is 24.0 Å². The average Bonchev–Trinajstić information content (AvgIpc) is 3.29. The summed E-state index contributed by atoms with van der Waals surface area (Å²) in [4.78, 5) is 0. The molecule has 6 rings (SSSR count). The number of hydrogen-bond acceptors (Lipinski definition) is 2. The summed E-state index contributed by atoms with van der Waals surface area (Å²) >= 11 is 0. The summed E-state index contributed by atoms with van der Waals surface area (Å²) in [5.41, 5.74) is 9.56. The normalized spacial score (nSPS) is 16.1. The average molecular weight is 433 g/mol. The van der Waals surface area contributed by atoms with E-state index >= 15 is 0 Å². The number of hydrogen-bond donors (Lipinski definition) is 2. The van der Waals surface area contributed by atoms with Gasteiger partial charge in [-0.1, -0.05) is 97.1 Å². The lowest BCUT2D eigenvalue weighted by Crippen LogP contribution is -2.39. The number of rotatable bonds is 6. The smallest absolute Gasteiger partial charge is 0.0442 e. The van der Waals surface area contributed by atoms with E-state index in [9.17, 15) is 10.2 Å². The minimum atomic E-state index is -0.332. The van der Waals surface area contributed by atoms with Crippen molar-refractivity contribution in [3.63, 3.8) is 0 Å². The molecule has 2 N–H and O–H groups in total. The molecule has 0 spiro atoms. The van der Waals surface area contributed by atoms with Gasteiger partial charge in [0.25, 0.3) is 0 Å². The largest absolute Gasteiger partial charge is 0.396 e. The first kappa shape index (κ1) is 20.4. The monoisotopic (exact) mass is 432 g/mol. The van der Waals surface area contributed by atoms with Crippen LogP contribution in [0.1, 0.15) is 41.5 Å². The fourth-order valence-corrected chi connectivity index (χ4v) is 6.82. The fraction of sp³-hybridized carbons (Fsp3) is 0.226. The second-order valence-corrected chi connectivity index (χ2v) is 9.47. The Balaban J connectivity index is 1.65. The first-order valence-corrected chi connectivity index (χ1v) is 11.9. The van der Waals surface area contributed by atoms with Crippen molar-refractivity contribution in [2.45, 2.75) is 30.1 Å². The van der Waals surface area contributed by atoms with Crippen molar-refractivity contribution in [2.24, 2.45) is 0 Å². The van der Waals surface area contributed by atoms with E-state index in [0.717, 1.165) is 6.42 Å². The van der Waals surface area contributed by atoms with Gasteiger partial charge in [-0.05, 0) is 63.8 Å². The van der Waals surface area contributed by atoms with E-state index in [1.807, 2.05) is 0 Å². The Bertz CT molecular complexity index is 1140. The topological polar surface area (TPSA) is 40.5 Å². The van der Waals surface area contributed by atoms with Gasteiger partial charge in [-0.3, -0.25) is 0 Å². The maximum absolute atomic E-state index is 10.4. The van der Waals surface area contributed by atoms with E-state index in [0.29, 0.717) is 12.8 Å². The van der Waals surface area contributed by atoms with Crippen LogP contribution in [-0.2, 0) is 10.8 Å². The van der Waals surface area contributed by atoms with Gasteiger partial charge in [-0.25, -0.2) is 0 Å². The van der Waals surface area contributed by atoms with Gasteiger partial charge < -0.3 is 10.2 Å². The van der Waals surface area contributed by atoms with E-state index in [1.54, 1.807) is 0 Å². The summed E-state index contributed by atoms with van der Waals surface area (Å²) in [7, 11) is 0. The van der Waals surface area contributed by atoms with Crippen LogP contribution in [-0.4, -0.2) is 23.4 Å². The molecule has 0 amide bonds. The van der Waals surface area contributed by atoms with Crippen LogP contribution in [0.3, 0.4) is 0 Å². The van der Waals surface area contributed by atoms with Crippen LogP contribution in [0, 0.1) is 0 Å². The molecule has 0 aliphatic heterocycles. The Morgan fingerprint density at radius 3 is 0.970 bits per heavy atom. The number of aliphatic hydroxyl groups is 2. The molecule has 2 nitrogen and oxygen atoms in total. The number of benzene rings is 4. The molecule has 0 atom stereocenters. The van der Waals surface area contributed by atoms with Gasteiger partial charge in [-0.15, -0.1) is 0 Å². The van der Waals surface area contributed by atoms with Crippen molar-refractivity contribution in [3.8, 4) is 22.3 Å². The van der Waals surface area contributed by atoms with Gasteiger partial charge in [0.05, 0.1) is 0 Å². The molecule has 164 valence electrons. The zero-order valence-corrected chi connectivity index (χ0v) is 18.7. The Morgan fingerprint density at radius 2 is 0.697 bits per heavy atom. The van der Waals surface area contributed by atoms with Crippen molar-refractivity contribution in [1.29, 1.82) is 0 Å². The standard InChI is InChI=1S/C31H28O2/c32-19-17-30(26-13-5-1-9-22(26)23-10-2-6-14-27(23)30)21-31(18-20-33)28-15-7-3-11-24(28)25-12-4-8-16-29(25)31/h1-16,32-33H,17-21H2. The van der Waals surface area contributed by atoms with Crippen molar-refractivity contribution >= 4 is 0 Å². The second kappa shape index (κ2) is 7.69. The molecule has 2 heteroatoms. The zero-order valence-electron chi connectivity index (χ0n) is 18.7. The molecule has 0 fully saturated rings. The molecule has 4 aromatic carbocycles. The maximum Gasteiger partial charge on any atom is 0.0442 e. The molecular formula is C31H28O2. The van der Waals surface area contributed by atoms with Crippen LogP contribution in [0.25, 0.3) is 22.3 Å². The summed E-state index contributed by atoms with van der Waals surface area (Å²) in [6.45, 7) is 0.225. The van der Waals surface area contributed by atoms with E-state index < -0.39 is 0 Å². The molecule has 0 bridgehead atoms. The van der Waals surface area contributed by atoms with E-state index in [4.69, 9.17) is 0 Å². The molecule has 0 saturated heterocycles. The zero-order chi connectivity index (χ0) is 22.5. The highest BCUT2D eigenvalue weighted by atomic mass is 16.3. The third-order valence-corrected chi connectivity index (χ3v) is 8.03. The quantitative estimate of drug-likeness (QED) is 0.388. The SMILES string of the molecule is OCCC1(CC2(CCO)c3ccccc3-c3ccccc32)c2ccccc2-c2ccccc21. The fourth-order valence-electron chi connectivity index (χ4n) is 6.82. The van der Waals surface area contributed by atoms with Crippen LogP contribution in [0.4, 0.5) is 0 Å². The van der Waals surface area contributed by atoms with Gasteiger partial charge in [-0.2, -0.15) is 0 Å². The molecule has 2 aliphatic rings. The first-order chi connectivity index (χ1) is 16.2. The lowest BCUT2D eigenvalue weighted by molar-refractivity contribution is 0.206. The predicted molar refractivity (Wildman–Crippen MR) is 133 cm³/mol. The Kier molecular flexibility index (Phi) is 4.76. The highest BCUT2D eigenvalue weighted by molar-refractivity contribution is 5.84.